The molecule has 104 valence electrons. The molecule has 0 bridgehead atoms. The number of carbonyl (C=O) groups is 1. The highest BCUT2D eigenvalue weighted by Crippen LogP contribution is 2.36. The Kier molecular flexibility index (Phi) is 3.85. The number of hydrogen-bond acceptors (Lipinski definition) is 3. The topological polar surface area (TPSA) is 29.1 Å². The van der Waals surface area contributed by atoms with Gasteiger partial charge in [0.05, 0.1) is 11.6 Å². The Balaban J connectivity index is 1.82. The summed E-state index contributed by atoms with van der Waals surface area (Å²) in [5, 5.41) is 3.20. The van der Waals surface area contributed by atoms with E-state index in [4.69, 9.17) is 0 Å². The van der Waals surface area contributed by atoms with E-state index in [1.807, 2.05) is 37.7 Å². The van der Waals surface area contributed by atoms with Gasteiger partial charge >= 0.3 is 0 Å². The Bertz CT molecular complexity index is 648. The average Bonchev–Trinajstić information content (AvgIpc) is 2.78. The maximum atomic E-state index is 12.4. The maximum absolute atomic E-state index is 12.4. The third-order valence-corrected chi connectivity index (χ3v) is 5.64. The molecule has 2 nitrogen and oxygen atoms in total. The molecule has 0 radical (unpaired) electrons. The molecule has 0 saturated heterocycles. The van der Waals surface area contributed by atoms with Crippen LogP contribution in [0.1, 0.15) is 38.1 Å². The molecule has 1 aliphatic rings. The van der Waals surface area contributed by atoms with Crippen molar-refractivity contribution in [2.24, 2.45) is 0 Å². The Morgan fingerprint density at radius 2 is 2.10 bits per heavy atom. The molecule has 3 rings (SSSR count). The van der Waals surface area contributed by atoms with Crippen LogP contribution in [0.15, 0.2) is 35.2 Å². The first kappa shape index (κ1) is 13.7. The second kappa shape index (κ2) is 5.62. The lowest BCUT2D eigenvalue weighted by Gasteiger charge is -2.25. The Morgan fingerprint density at radius 3 is 2.85 bits per heavy atom. The van der Waals surface area contributed by atoms with Gasteiger partial charge in [0.25, 0.3) is 5.91 Å². The Hall–Kier alpha value is -1.26. The van der Waals surface area contributed by atoms with E-state index in [0.717, 1.165) is 22.6 Å². The molecular formula is C16H17NOS2. The van der Waals surface area contributed by atoms with Crippen LogP contribution in [-0.2, 0) is 0 Å². The smallest absolute Gasteiger partial charge is 0.252 e. The predicted molar refractivity (Wildman–Crippen MR) is 85.8 cm³/mol. The van der Waals surface area contributed by atoms with Gasteiger partial charge in [-0.05, 0) is 38.0 Å². The maximum Gasteiger partial charge on any atom is 0.252 e. The third kappa shape index (κ3) is 2.63. The lowest BCUT2D eigenvalue weighted by atomic mass is 10.0. The van der Waals surface area contributed by atoms with Crippen LogP contribution in [0.4, 0.5) is 0 Å². The van der Waals surface area contributed by atoms with E-state index in [9.17, 15) is 4.79 Å². The summed E-state index contributed by atoms with van der Waals surface area (Å²) in [6.07, 6.45) is 0.996. The van der Waals surface area contributed by atoms with Crippen LogP contribution in [0.3, 0.4) is 0 Å². The minimum absolute atomic E-state index is 0.0542. The number of carbonyl (C=O) groups excluding carboxylic acids is 1. The van der Waals surface area contributed by atoms with Crippen molar-refractivity contribution in [2.45, 2.75) is 31.2 Å². The highest BCUT2D eigenvalue weighted by molar-refractivity contribution is 7.99. The molecule has 2 aromatic rings. The summed E-state index contributed by atoms with van der Waals surface area (Å²) in [4.78, 5) is 16.0. The first-order chi connectivity index (χ1) is 9.65. The number of benzene rings is 1. The van der Waals surface area contributed by atoms with Crippen molar-refractivity contribution in [3.8, 4) is 0 Å². The van der Waals surface area contributed by atoms with E-state index in [2.05, 4.69) is 23.5 Å². The minimum atomic E-state index is 0.0542. The normalized spacial score (nSPS) is 17.6. The summed E-state index contributed by atoms with van der Waals surface area (Å²) in [6.45, 7) is 4.05. The van der Waals surface area contributed by atoms with E-state index in [-0.39, 0.29) is 11.9 Å². The van der Waals surface area contributed by atoms with Gasteiger partial charge in [0.15, 0.2) is 0 Å². The van der Waals surface area contributed by atoms with E-state index in [0.29, 0.717) is 0 Å². The van der Waals surface area contributed by atoms with Crippen molar-refractivity contribution >= 4 is 29.0 Å². The van der Waals surface area contributed by atoms with Crippen LogP contribution in [0.2, 0.25) is 0 Å². The van der Waals surface area contributed by atoms with Gasteiger partial charge in [-0.1, -0.05) is 18.2 Å². The SMILES string of the molecule is Cc1cc(C(=O)NC2CCSc3ccccc32)c(C)s1. The molecule has 0 aliphatic carbocycles. The number of nitrogens with one attached hydrogen (secondary N) is 1. The number of rotatable bonds is 2. The minimum Gasteiger partial charge on any atom is -0.345 e. The summed E-state index contributed by atoms with van der Waals surface area (Å²) < 4.78 is 0. The van der Waals surface area contributed by atoms with Gasteiger partial charge in [-0.3, -0.25) is 4.79 Å². The predicted octanol–water partition coefficient (Wildman–Crippen LogP) is 4.33. The van der Waals surface area contributed by atoms with Gasteiger partial charge in [0.1, 0.15) is 0 Å². The van der Waals surface area contributed by atoms with Gasteiger partial charge in [-0.25, -0.2) is 0 Å². The molecule has 1 aromatic heterocycles. The lowest BCUT2D eigenvalue weighted by molar-refractivity contribution is 0.0935. The molecule has 2 heterocycles. The molecule has 4 heteroatoms. The van der Waals surface area contributed by atoms with Gasteiger partial charge in [0.2, 0.25) is 0 Å². The largest absolute Gasteiger partial charge is 0.345 e. The van der Waals surface area contributed by atoms with Crippen LogP contribution >= 0.6 is 23.1 Å². The fraction of sp³-hybridized carbons (Fsp3) is 0.312. The van der Waals surface area contributed by atoms with E-state index < -0.39 is 0 Å². The molecule has 1 atom stereocenters. The number of thioether (sulfide) groups is 1. The van der Waals surface area contributed by atoms with Crippen LogP contribution in [0, 0.1) is 13.8 Å². The van der Waals surface area contributed by atoms with Gasteiger partial charge < -0.3 is 5.32 Å². The first-order valence-corrected chi connectivity index (χ1v) is 8.55. The van der Waals surface area contributed by atoms with Crippen molar-refractivity contribution in [1.29, 1.82) is 0 Å². The van der Waals surface area contributed by atoms with E-state index in [1.54, 1.807) is 11.3 Å². The number of amides is 1. The van der Waals surface area contributed by atoms with E-state index in [1.165, 1.54) is 15.3 Å². The standard InChI is InChI=1S/C16H17NOS2/c1-10-9-13(11(2)20-10)16(18)17-14-7-8-19-15-6-4-3-5-12(14)15/h3-6,9,14H,7-8H2,1-2H3,(H,17,18). The summed E-state index contributed by atoms with van der Waals surface area (Å²) in [5.41, 5.74) is 2.07. The van der Waals surface area contributed by atoms with Gasteiger partial charge in [-0.15, -0.1) is 23.1 Å². The quantitative estimate of drug-likeness (QED) is 0.894. The molecule has 1 amide bonds. The van der Waals surface area contributed by atoms with Crippen LogP contribution in [-0.4, -0.2) is 11.7 Å². The van der Waals surface area contributed by atoms with Crippen LogP contribution < -0.4 is 5.32 Å². The number of thiophene rings is 1. The molecule has 1 N–H and O–H groups in total. The molecule has 0 spiro atoms. The Morgan fingerprint density at radius 1 is 1.30 bits per heavy atom. The fourth-order valence-corrected chi connectivity index (χ4v) is 4.63. The summed E-state index contributed by atoms with van der Waals surface area (Å²) in [7, 11) is 0. The second-order valence-electron chi connectivity index (χ2n) is 5.03. The zero-order chi connectivity index (χ0) is 14.1. The van der Waals surface area contributed by atoms with Crippen molar-refractivity contribution in [1.82, 2.24) is 5.32 Å². The Labute approximate surface area is 127 Å². The molecule has 0 fully saturated rings. The first-order valence-electron chi connectivity index (χ1n) is 6.75. The van der Waals surface area contributed by atoms with Gasteiger partial charge in [-0.2, -0.15) is 0 Å². The highest BCUT2D eigenvalue weighted by atomic mass is 32.2. The number of fused-ring (bicyclic) bond motifs is 1. The van der Waals surface area contributed by atoms with Crippen LogP contribution in [0.25, 0.3) is 0 Å². The van der Waals surface area contributed by atoms with Gasteiger partial charge in [0, 0.05) is 20.4 Å². The van der Waals surface area contributed by atoms with E-state index >= 15 is 0 Å². The van der Waals surface area contributed by atoms with Crippen LogP contribution in [0.5, 0.6) is 0 Å². The van der Waals surface area contributed by atoms with Crippen molar-refractivity contribution < 1.29 is 4.79 Å². The highest BCUT2D eigenvalue weighted by Gasteiger charge is 2.23. The zero-order valence-corrected chi connectivity index (χ0v) is 13.2. The molecule has 1 aromatic carbocycles. The van der Waals surface area contributed by atoms with Crippen molar-refractivity contribution in [3.63, 3.8) is 0 Å². The molecular weight excluding hydrogens is 286 g/mol. The molecule has 1 unspecified atom stereocenters. The monoisotopic (exact) mass is 303 g/mol. The van der Waals surface area contributed by atoms with Crippen molar-refractivity contribution in [3.05, 3.63) is 51.2 Å². The summed E-state index contributed by atoms with van der Waals surface area (Å²) >= 11 is 3.55. The average molecular weight is 303 g/mol. The summed E-state index contributed by atoms with van der Waals surface area (Å²) in [6, 6.07) is 10.5. The molecule has 0 saturated carbocycles. The molecule has 1 aliphatic heterocycles. The fourth-order valence-electron chi connectivity index (χ4n) is 2.58. The second-order valence-corrected chi connectivity index (χ2v) is 7.63. The third-order valence-electron chi connectivity index (χ3n) is 3.55. The zero-order valence-electron chi connectivity index (χ0n) is 11.6. The lowest BCUT2D eigenvalue weighted by Crippen LogP contribution is -2.30. The van der Waals surface area contributed by atoms with Crippen molar-refractivity contribution in [2.75, 3.05) is 5.75 Å². The number of aryl methyl sites for hydroxylation is 2. The molecule has 20 heavy (non-hydrogen) atoms. The summed E-state index contributed by atoms with van der Waals surface area (Å²) in [5.74, 6) is 1.11. The number of hydrogen-bond donors (Lipinski definition) is 1.